The van der Waals surface area contributed by atoms with Crippen LogP contribution in [0.1, 0.15) is 50.8 Å². The van der Waals surface area contributed by atoms with Crippen LogP contribution in [0.4, 0.5) is 0 Å². The van der Waals surface area contributed by atoms with E-state index in [0.29, 0.717) is 12.8 Å². The van der Waals surface area contributed by atoms with E-state index in [1.165, 1.54) is 19.3 Å². The fourth-order valence-corrected chi connectivity index (χ4v) is 4.62. The number of carboxylic acids is 1. The van der Waals surface area contributed by atoms with Gasteiger partial charge in [0.15, 0.2) is 5.16 Å². The summed E-state index contributed by atoms with van der Waals surface area (Å²) in [5, 5.41) is 19.1. The van der Waals surface area contributed by atoms with E-state index >= 15 is 0 Å². The zero-order valence-electron chi connectivity index (χ0n) is 12.1. The molecule has 1 aromatic rings. The van der Waals surface area contributed by atoms with E-state index < -0.39 is 11.5 Å². The summed E-state index contributed by atoms with van der Waals surface area (Å²) >= 11 is 1.66. The third kappa shape index (κ3) is 3.08. The molecule has 116 valence electrons. The number of hydrogen-bond acceptors (Lipinski definition) is 5. The number of aliphatic carboxylic acids is 1. The Morgan fingerprint density at radius 3 is 3.00 bits per heavy atom. The number of aryl methyl sites for hydroxylation is 1. The second-order valence-electron chi connectivity index (χ2n) is 6.16. The van der Waals surface area contributed by atoms with Crippen LogP contribution in [-0.2, 0) is 17.8 Å². The van der Waals surface area contributed by atoms with Gasteiger partial charge < -0.3 is 15.4 Å². The van der Waals surface area contributed by atoms with Gasteiger partial charge in [-0.2, -0.15) is 0 Å². The molecule has 1 fully saturated rings. The summed E-state index contributed by atoms with van der Waals surface area (Å²) in [7, 11) is 0. The van der Waals surface area contributed by atoms with E-state index in [2.05, 4.69) is 14.8 Å². The molecule has 6 nitrogen and oxygen atoms in total. The number of carbonyl (C=O) groups is 1. The van der Waals surface area contributed by atoms with Gasteiger partial charge >= 0.3 is 5.97 Å². The molecule has 21 heavy (non-hydrogen) atoms. The van der Waals surface area contributed by atoms with E-state index in [4.69, 9.17) is 5.73 Å². The Balaban J connectivity index is 1.72. The number of rotatable bonds is 3. The summed E-state index contributed by atoms with van der Waals surface area (Å²) in [6, 6.07) is 0. The lowest BCUT2D eigenvalue weighted by atomic mass is 9.82. The minimum Gasteiger partial charge on any atom is -0.480 e. The van der Waals surface area contributed by atoms with Gasteiger partial charge in [0.25, 0.3) is 0 Å². The zero-order chi connectivity index (χ0) is 14.9. The third-order valence-electron chi connectivity index (χ3n) is 4.51. The molecule has 0 saturated heterocycles. The number of aromatic nitrogens is 3. The Morgan fingerprint density at radius 1 is 1.33 bits per heavy atom. The number of nitrogens with zero attached hydrogens (tertiary/aromatic N) is 3. The van der Waals surface area contributed by atoms with Gasteiger partial charge in [-0.3, -0.25) is 4.79 Å². The van der Waals surface area contributed by atoms with Crippen molar-refractivity contribution in [3.8, 4) is 0 Å². The maximum atomic E-state index is 11.3. The predicted octanol–water partition coefficient (Wildman–Crippen LogP) is 1.82. The van der Waals surface area contributed by atoms with Crippen molar-refractivity contribution in [2.24, 2.45) is 5.73 Å². The highest BCUT2D eigenvalue weighted by Crippen LogP contribution is 2.37. The van der Waals surface area contributed by atoms with E-state index in [1.807, 2.05) is 0 Å². The molecule has 0 amide bonds. The van der Waals surface area contributed by atoms with Crippen molar-refractivity contribution in [2.75, 3.05) is 0 Å². The Bertz CT molecular complexity index is 533. The third-order valence-corrected chi connectivity index (χ3v) is 5.76. The Morgan fingerprint density at radius 2 is 2.19 bits per heavy atom. The first-order chi connectivity index (χ1) is 10.1. The van der Waals surface area contributed by atoms with Crippen molar-refractivity contribution < 1.29 is 9.90 Å². The van der Waals surface area contributed by atoms with Gasteiger partial charge in [-0.25, -0.2) is 0 Å². The normalized spacial score (nSPS) is 29.7. The molecule has 2 atom stereocenters. The highest BCUT2D eigenvalue weighted by Gasteiger charge is 2.40. The molecule has 0 radical (unpaired) electrons. The van der Waals surface area contributed by atoms with Crippen LogP contribution in [0.3, 0.4) is 0 Å². The highest BCUT2D eigenvalue weighted by molar-refractivity contribution is 7.99. The topological polar surface area (TPSA) is 94.0 Å². The molecule has 0 spiro atoms. The van der Waals surface area contributed by atoms with Crippen LogP contribution in [0.2, 0.25) is 0 Å². The van der Waals surface area contributed by atoms with Crippen LogP contribution < -0.4 is 5.73 Å². The Kier molecular flexibility index (Phi) is 4.21. The molecular formula is C14H22N4O2S. The first-order valence-corrected chi connectivity index (χ1v) is 8.57. The van der Waals surface area contributed by atoms with Crippen LogP contribution in [0.15, 0.2) is 5.16 Å². The molecule has 1 aromatic heterocycles. The van der Waals surface area contributed by atoms with Crippen LogP contribution in [0.25, 0.3) is 0 Å². The van der Waals surface area contributed by atoms with Gasteiger partial charge in [-0.15, -0.1) is 10.2 Å². The van der Waals surface area contributed by atoms with Crippen molar-refractivity contribution in [2.45, 2.75) is 73.9 Å². The summed E-state index contributed by atoms with van der Waals surface area (Å²) in [6.45, 7) is 0.976. The van der Waals surface area contributed by atoms with E-state index in [9.17, 15) is 9.90 Å². The molecule has 1 aliphatic heterocycles. The predicted molar refractivity (Wildman–Crippen MR) is 80.2 cm³/mol. The molecule has 1 aliphatic carbocycles. The van der Waals surface area contributed by atoms with Crippen LogP contribution >= 0.6 is 11.8 Å². The van der Waals surface area contributed by atoms with Gasteiger partial charge in [-0.1, -0.05) is 18.2 Å². The van der Waals surface area contributed by atoms with Crippen molar-refractivity contribution in [1.82, 2.24) is 14.8 Å². The highest BCUT2D eigenvalue weighted by atomic mass is 32.2. The Hall–Kier alpha value is -1.08. The number of nitrogens with two attached hydrogens (primary N) is 1. The van der Waals surface area contributed by atoms with Gasteiger partial charge in [0.2, 0.25) is 0 Å². The molecular weight excluding hydrogens is 288 g/mol. The molecule has 3 N–H and O–H groups in total. The van der Waals surface area contributed by atoms with Crippen LogP contribution in [0, 0.1) is 0 Å². The molecule has 2 aliphatic rings. The first kappa shape index (κ1) is 14.8. The van der Waals surface area contributed by atoms with E-state index in [1.54, 1.807) is 11.8 Å². The lowest BCUT2D eigenvalue weighted by Crippen LogP contribution is -2.51. The van der Waals surface area contributed by atoms with Crippen molar-refractivity contribution in [3.63, 3.8) is 0 Å². The second kappa shape index (κ2) is 5.96. The Labute approximate surface area is 128 Å². The molecule has 0 aromatic carbocycles. The molecule has 2 heterocycles. The smallest absolute Gasteiger partial charge is 0.323 e. The minimum atomic E-state index is -1.07. The van der Waals surface area contributed by atoms with Gasteiger partial charge in [0.1, 0.15) is 11.4 Å². The summed E-state index contributed by atoms with van der Waals surface area (Å²) in [5.41, 5.74) is 4.96. The maximum absolute atomic E-state index is 11.3. The fraction of sp³-hybridized carbons (Fsp3) is 0.786. The summed E-state index contributed by atoms with van der Waals surface area (Å²) in [4.78, 5) is 11.3. The second-order valence-corrected chi connectivity index (χ2v) is 7.43. The number of thioether (sulfide) groups is 1. The maximum Gasteiger partial charge on any atom is 0.323 e. The molecule has 1 saturated carbocycles. The number of carboxylic acid groups (broad SMARTS) is 1. The monoisotopic (exact) mass is 310 g/mol. The molecule has 0 bridgehead atoms. The number of fused-ring (bicyclic) bond motifs is 1. The van der Waals surface area contributed by atoms with Crippen molar-refractivity contribution in [1.29, 1.82) is 0 Å². The SMILES string of the molecule is NC1(C(=O)O)CCCC(Sc2nnc3n2CCCCC3)C1. The fourth-order valence-electron chi connectivity index (χ4n) is 3.24. The average Bonchev–Trinajstić information content (AvgIpc) is 2.68. The van der Waals surface area contributed by atoms with E-state index in [0.717, 1.165) is 36.8 Å². The average molecular weight is 310 g/mol. The molecule has 2 unspecified atom stereocenters. The summed E-state index contributed by atoms with van der Waals surface area (Å²) in [6.07, 6.45) is 7.51. The van der Waals surface area contributed by atoms with Crippen LogP contribution in [-0.4, -0.2) is 36.6 Å². The lowest BCUT2D eigenvalue weighted by molar-refractivity contribution is -0.144. The summed E-state index contributed by atoms with van der Waals surface area (Å²) < 4.78 is 2.21. The van der Waals surface area contributed by atoms with Gasteiger partial charge in [-0.05, 0) is 38.5 Å². The van der Waals surface area contributed by atoms with Crippen LogP contribution in [0.5, 0.6) is 0 Å². The van der Waals surface area contributed by atoms with Crippen molar-refractivity contribution in [3.05, 3.63) is 5.82 Å². The molecule has 7 heteroatoms. The zero-order valence-corrected chi connectivity index (χ0v) is 12.9. The van der Waals surface area contributed by atoms with Gasteiger partial charge in [0, 0.05) is 18.2 Å². The number of hydrogen-bond donors (Lipinski definition) is 2. The standard InChI is InChI=1S/C14H22N4O2S/c15-14(12(19)20)7-4-5-10(9-14)21-13-17-16-11-6-2-1-3-8-18(11)13/h10H,1-9,15H2,(H,19,20). The quantitative estimate of drug-likeness (QED) is 0.884. The van der Waals surface area contributed by atoms with Gasteiger partial charge in [0.05, 0.1) is 0 Å². The molecule has 3 rings (SSSR count). The largest absolute Gasteiger partial charge is 0.480 e. The van der Waals surface area contributed by atoms with E-state index in [-0.39, 0.29) is 5.25 Å². The minimum absolute atomic E-state index is 0.219. The van der Waals surface area contributed by atoms with Crippen molar-refractivity contribution >= 4 is 17.7 Å². The summed E-state index contributed by atoms with van der Waals surface area (Å²) in [5.74, 6) is 0.191. The lowest BCUT2D eigenvalue weighted by Gasteiger charge is -2.33. The first-order valence-electron chi connectivity index (χ1n) is 7.69.